The van der Waals surface area contributed by atoms with Gasteiger partial charge in [-0.2, -0.15) is 0 Å². The Morgan fingerprint density at radius 1 is 0.818 bits per heavy atom. The number of nitrogens with one attached hydrogen (secondary N) is 1. The Morgan fingerprint density at radius 3 is 2.03 bits per heavy atom. The minimum absolute atomic E-state index is 0.00284. The van der Waals surface area contributed by atoms with Gasteiger partial charge in [-0.15, -0.1) is 11.8 Å². The van der Waals surface area contributed by atoms with E-state index < -0.39 is 10.0 Å². The first-order valence-electron chi connectivity index (χ1n) is 11.3. The molecule has 33 heavy (non-hydrogen) atoms. The minimum atomic E-state index is -4.01. The molecule has 0 aliphatic carbocycles. The van der Waals surface area contributed by atoms with Crippen LogP contribution in [0, 0.1) is 0 Å². The van der Waals surface area contributed by atoms with Crippen molar-refractivity contribution < 1.29 is 18.0 Å². The summed E-state index contributed by atoms with van der Waals surface area (Å²) in [5.41, 5.74) is 0.969. The van der Waals surface area contributed by atoms with Gasteiger partial charge < -0.3 is 9.80 Å². The fraction of sp³-hybridized carbons (Fsp3) is 0.417. The lowest BCUT2D eigenvalue weighted by molar-refractivity contribution is 0.0724. The topological polar surface area (TPSA) is 86.8 Å². The smallest absolute Gasteiger partial charge is 0.261 e. The lowest BCUT2D eigenvalue weighted by atomic mass is 10.1. The summed E-state index contributed by atoms with van der Waals surface area (Å²) in [4.78, 5) is 30.4. The molecule has 0 radical (unpaired) electrons. The largest absolute Gasteiger partial charge is 0.339 e. The van der Waals surface area contributed by atoms with E-state index in [0.717, 1.165) is 37.0 Å². The number of para-hydroxylation sites is 1. The van der Waals surface area contributed by atoms with Crippen molar-refractivity contribution in [2.24, 2.45) is 0 Å². The third-order valence-electron chi connectivity index (χ3n) is 6.15. The van der Waals surface area contributed by atoms with Crippen LogP contribution in [0.5, 0.6) is 0 Å². The highest BCUT2D eigenvalue weighted by Crippen LogP contribution is 2.28. The number of hydrogen-bond acceptors (Lipinski definition) is 5. The lowest BCUT2D eigenvalue weighted by Crippen LogP contribution is -2.36. The molecule has 4 rings (SSSR count). The summed E-state index contributed by atoms with van der Waals surface area (Å²) in [5, 5.41) is 0. The van der Waals surface area contributed by atoms with Gasteiger partial charge >= 0.3 is 0 Å². The Balaban J connectivity index is 1.63. The Morgan fingerprint density at radius 2 is 1.39 bits per heavy atom. The zero-order chi connectivity index (χ0) is 23.4. The molecule has 0 bridgehead atoms. The highest BCUT2D eigenvalue weighted by molar-refractivity contribution is 7.98. The van der Waals surface area contributed by atoms with Crippen LogP contribution in [0.2, 0.25) is 0 Å². The van der Waals surface area contributed by atoms with E-state index in [2.05, 4.69) is 4.72 Å². The Kier molecular flexibility index (Phi) is 7.29. The van der Waals surface area contributed by atoms with Crippen LogP contribution in [-0.2, 0) is 10.0 Å². The highest BCUT2D eigenvalue weighted by Gasteiger charge is 2.26. The molecule has 0 spiro atoms. The van der Waals surface area contributed by atoms with Crippen LogP contribution in [0.15, 0.2) is 52.3 Å². The van der Waals surface area contributed by atoms with Gasteiger partial charge in [0, 0.05) is 31.1 Å². The summed E-state index contributed by atoms with van der Waals surface area (Å²) in [6.07, 6.45) is 6.79. The number of hydrogen-bond donors (Lipinski definition) is 1. The first-order valence-corrected chi connectivity index (χ1v) is 14.0. The van der Waals surface area contributed by atoms with Crippen molar-refractivity contribution in [1.82, 2.24) is 9.80 Å². The van der Waals surface area contributed by atoms with E-state index in [4.69, 9.17) is 0 Å². The van der Waals surface area contributed by atoms with Crippen LogP contribution >= 0.6 is 11.8 Å². The van der Waals surface area contributed by atoms with Gasteiger partial charge in [-0.25, -0.2) is 8.42 Å². The summed E-state index contributed by atoms with van der Waals surface area (Å²) in [7, 11) is -4.01. The van der Waals surface area contributed by atoms with Crippen molar-refractivity contribution in [1.29, 1.82) is 0 Å². The molecule has 0 atom stereocenters. The standard InChI is InChI=1S/C24H29N3O4S2/c1-32-22-12-11-18(17-20(22)24(29)27-15-7-8-16-27)33(30,31)25-21-10-4-3-9-19(21)23(28)26-13-5-2-6-14-26/h3-4,9-12,17,25H,2,5-8,13-16H2,1H3. The van der Waals surface area contributed by atoms with Crippen molar-refractivity contribution in [3.63, 3.8) is 0 Å². The number of anilines is 1. The van der Waals surface area contributed by atoms with E-state index in [-0.39, 0.29) is 22.4 Å². The van der Waals surface area contributed by atoms with E-state index in [1.54, 1.807) is 40.1 Å². The fourth-order valence-electron chi connectivity index (χ4n) is 4.34. The first-order chi connectivity index (χ1) is 15.9. The number of piperidine rings is 1. The molecule has 2 heterocycles. The van der Waals surface area contributed by atoms with E-state index >= 15 is 0 Å². The zero-order valence-electron chi connectivity index (χ0n) is 18.7. The van der Waals surface area contributed by atoms with Crippen molar-refractivity contribution in [3.05, 3.63) is 53.6 Å². The molecule has 2 fully saturated rings. The molecule has 2 aromatic carbocycles. The Bertz CT molecular complexity index is 1140. The third kappa shape index (κ3) is 5.19. The predicted molar refractivity (Wildman–Crippen MR) is 130 cm³/mol. The van der Waals surface area contributed by atoms with E-state index in [9.17, 15) is 18.0 Å². The molecule has 1 N–H and O–H groups in total. The number of nitrogens with zero attached hydrogens (tertiary/aromatic N) is 2. The van der Waals surface area contributed by atoms with Crippen LogP contribution in [0.4, 0.5) is 5.69 Å². The van der Waals surface area contributed by atoms with Crippen LogP contribution in [0.3, 0.4) is 0 Å². The van der Waals surface area contributed by atoms with Gasteiger partial charge in [-0.05, 0) is 68.7 Å². The summed E-state index contributed by atoms with van der Waals surface area (Å²) in [6.45, 7) is 2.73. The summed E-state index contributed by atoms with van der Waals surface area (Å²) in [6, 6.07) is 11.3. The molecule has 0 aromatic heterocycles. The number of likely N-dealkylation sites (tertiary alicyclic amines) is 2. The van der Waals surface area contributed by atoms with E-state index in [1.807, 2.05) is 6.26 Å². The fourth-order valence-corrected chi connectivity index (χ4v) is 6.02. The molecule has 9 heteroatoms. The van der Waals surface area contributed by atoms with E-state index in [0.29, 0.717) is 37.3 Å². The lowest BCUT2D eigenvalue weighted by Gasteiger charge is -2.27. The van der Waals surface area contributed by atoms with Crippen molar-refractivity contribution in [3.8, 4) is 0 Å². The number of amides is 2. The van der Waals surface area contributed by atoms with Gasteiger partial charge in [0.25, 0.3) is 21.8 Å². The Hall–Kier alpha value is -2.52. The quantitative estimate of drug-likeness (QED) is 0.621. The van der Waals surface area contributed by atoms with Gasteiger partial charge in [0.2, 0.25) is 0 Å². The second-order valence-corrected chi connectivity index (χ2v) is 10.9. The van der Waals surface area contributed by atoms with Crippen LogP contribution < -0.4 is 4.72 Å². The second kappa shape index (κ2) is 10.2. The average Bonchev–Trinajstić information content (AvgIpc) is 3.38. The SMILES string of the molecule is CSc1ccc(S(=O)(=O)Nc2ccccc2C(=O)N2CCCCC2)cc1C(=O)N1CCCC1. The zero-order valence-corrected chi connectivity index (χ0v) is 20.4. The summed E-state index contributed by atoms with van der Waals surface area (Å²) < 4.78 is 29.2. The van der Waals surface area contributed by atoms with Crippen molar-refractivity contribution >= 4 is 39.3 Å². The maximum Gasteiger partial charge on any atom is 0.261 e. The highest BCUT2D eigenvalue weighted by atomic mass is 32.2. The van der Waals surface area contributed by atoms with Gasteiger partial charge in [-0.1, -0.05) is 12.1 Å². The second-order valence-electron chi connectivity index (χ2n) is 8.37. The Labute approximate surface area is 199 Å². The minimum Gasteiger partial charge on any atom is -0.339 e. The maximum absolute atomic E-state index is 13.3. The van der Waals surface area contributed by atoms with Gasteiger partial charge in [0.1, 0.15) is 0 Å². The molecule has 176 valence electrons. The molecule has 2 aromatic rings. The molecular weight excluding hydrogens is 458 g/mol. The third-order valence-corrected chi connectivity index (χ3v) is 8.31. The number of carbonyl (C=O) groups is 2. The van der Waals surface area contributed by atoms with Crippen molar-refractivity contribution in [2.75, 3.05) is 37.2 Å². The molecular formula is C24H29N3O4S2. The number of thioether (sulfide) groups is 1. The number of rotatable bonds is 6. The molecule has 2 amide bonds. The molecule has 7 nitrogen and oxygen atoms in total. The number of sulfonamides is 1. The van der Waals surface area contributed by atoms with Crippen LogP contribution in [-0.4, -0.2) is 62.5 Å². The normalized spacial score (nSPS) is 16.6. The average molecular weight is 488 g/mol. The van der Waals surface area contributed by atoms with Crippen molar-refractivity contribution in [2.45, 2.75) is 41.9 Å². The molecule has 2 saturated heterocycles. The van der Waals surface area contributed by atoms with E-state index in [1.165, 1.54) is 23.9 Å². The summed E-state index contributed by atoms with van der Waals surface area (Å²) >= 11 is 1.42. The van der Waals surface area contributed by atoms with Crippen LogP contribution in [0.1, 0.15) is 52.8 Å². The molecule has 2 aliphatic heterocycles. The monoisotopic (exact) mass is 487 g/mol. The van der Waals surface area contributed by atoms with Crippen LogP contribution in [0.25, 0.3) is 0 Å². The molecule has 0 saturated carbocycles. The molecule has 0 unspecified atom stereocenters. The van der Waals surface area contributed by atoms with Gasteiger partial charge in [0.05, 0.1) is 21.7 Å². The predicted octanol–water partition coefficient (Wildman–Crippen LogP) is 4.07. The van der Waals surface area contributed by atoms with Gasteiger partial charge in [0.15, 0.2) is 0 Å². The first kappa shape index (κ1) is 23.6. The summed E-state index contributed by atoms with van der Waals surface area (Å²) in [5.74, 6) is -0.315. The molecule has 2 aliphatic rings. The number of benzene rings is 2. The number of carbonyl (C=O) groups excluding carboxylic acids is 2. The maximum atomic E-state index is 13.3. The van der Waals surface area contributed by atoms with Gasteiger partial charge in [-0.3, -0.25) is 14.3 Å².